The monoisotopic (exact) mass is 264 g/mol. The smallest absolute Gasteiger partial charge is 0.225 e. The van der Waals surface area contributed by atoms with Crippen LogP contribution in [0.3, 0.4) is 0 Å². The molecule has 0 saturated heterocycles. The van der Waals surface area contributed by atoms with Gasteiger partial charge in [-0.15, -0.1) is 0 Å². The van der Waals surface area contributed by atoms with Crippen LogP contribution in [0.15, 0.2) is 5.11 Å². The lowest BCUT2D eigenvalue weighted by molar-refractivity contribution is -0.119. The van der Waals surface area contributed by atoms with Crippen LogP contribution in [0, 0.1) is 59.2 Å². The molecule has 0 aromatic heterocycles. The minimum absolute atomic E-state index is 0.118. The minimum atomic E-state index is -0.275. The molecule has 0 fully saturated rings. The van der Waals surface area contributed by atoms with Gasteiger partial charge in [0.15, 0.2) is 0 Å². The maximum atomic E-state index is 10.2. The number of amides is 1. The van der Waals surface area contributed by atoms with E-state index in [-0.39, 0.29) is 12.5 Å². The molecule has 1 amide bonds. The molecule has 0 aliphatic rings. The third kappa shape index (κ3) is 20.1. The maximum absolute atomic E-state index is 10.2. The molecule has 0 atom stereocenters. The molecule has 5 heteroatoms. The summed E-state index contributed by atoms with van der Waals surface area (Å²) < 4.78 is 0. The first-order valence-corrected chi connectivity index (χ1v) is 5.27. The molecule has 0 unspecified atom stereocenters. The molecule has 0 aliphatic carbocycles. The van der Waals surface area contributed by atoms with Gasteiger partial charge in [-0.25, -0.2) is 0 Å². The molecule has 0 heterocycles. The first-order valence-electron chi connectivity index (χ1n) is 5.27. The van der Waals surface area contributed by atoms with Gasteiger partial charge in [0.1, 0.15) is 6.54 Å². The van der Waals surface area contributed by atoms with E-state index in [0.717, 1.165) is 0 Å². The van der Waals surface area contributed by atoms with Crippen LogP contribution in [-0.4, -0.2) is 19.5 Å². The molecule has 20 heavy (non-hydrogen) atoms. The molecular formula is C15H12N4O. The molecule has 0 radical (unpaired) electrons. The number of carbonyl (C=O) groups excluding carboxylic acids is 1. The van der Waals surface area contributed by atoms with E-state index in [1.807, 2.05) is 0 Å². The number of hydrogen-bond donors (Lipinski definition) is 1. The molecule has 98 valence electrons. The van der Waals surface area contributed by atoms with Crippen molar-refractivity contribution < 1.29 is 4.79 Å². The Morgan fingerprint density at radius 3 is 1.70 bits per heavy atom. The number of likely N-dealkylation sites (N-methyl/N-ethyl adjacent to an activating group) is 1. The number of carbonyl (C=O) groups is 1. The van der Waals surface area contributed by atoms with Gasteiger partial charge in [0.05, 0.1) is 0 Å². The van der Waals surface area contributed by atoms with Crippen LogP contribution in [0.1, 0.15) is 13.8 Å². The molecule has 0 aromatic rings. The Balaban J connectivity index is 0. The van der Waals surface area contributed by atoms with Gasteiger partial charge in [0.25, 0.3) is 0 Å². The van der Waals surface area contributed by atoms with Crippen LogP contribution < -0.4 is 5.32 Å². The summed E-state index contributed by atoms with van der Waals surface area (Å²) in [6.07, 6.45) is 0. The molecule has 1 N–H and O–H groups in total. The van der Waals surface area contributed by atoms with Gasteiger partial charge in [0, 0.05) is 12.0 Å². The highest BCUT2D eigenvalue weighted by Gasteiger charge is 1.89. The standard InChI is InChI=1S/C12H6.C3H6N4O/c1-3-5-7-9-11-12-10-8-6-4-2;1-5-3(8)2-6-7-4/h1-2H3;2H2,1H3,(H,5,8). The van der Waals surface area contributed by atoms with E-state index >= 15 is 0 Å². The lowest BCUT2D eigenvalue weighted by atomic mass is 10.5. The van der Waals surface area contributed by atoms with Gasteiger partial charge in [-0.2, -0.15) is 0 Å². The van der Waals surface area contributed by atoms with Gasteiger partial charge in [-0.3, -0.25) is 4.79 Å². The number of azide groups is 1. The SMILES string of the molecule is CC#CC#CC#CC#CC#CC.CNC(=O)CN=[N+]=[N-]. The highest BCUT2D eigenvalue weighted by Crippen LogP contribution is 1.68. The summed E-state index contributed by atoms with van der Waals surface area (Å²) in [5.41, 5.74) is 7.69. The third-order valence-corrected chi connectivity index (χ3v) is 1.24. The third-order valence-electron chi connectivity index (χ3n) is 1.24. The molecular weight excluding hydrogens is 252 g/mol. The Labute approximate surface area is 119 Å². The van der Waals surface area contributed by atoms with Gasteiger partial charge in [-0.1, -0.05) is 17.0 Å². The second-order valence-electron chi connectivity index (χ2n) is 2.56. The van der Waals surface area contributed by atoms with Gasteiger partial charge in [0.2, 0.25) is 5.91 Å². The summed E-state index contributed by atoms with van der Waals surface area (Å²) in [5.74, 6) is 25.3. The fraction of sp³-hybridized carbons (Fsp3) is 0.267. The van der Waals surface area contributed by atoms with Crippen molar-refractivity contribution in [3.8, 4) is 59.2 Å². The average Bonchev–Trinajstić information content (AvgIpc) is 2.48. The summed E-state index contributed by atoms with van der Waals surface area (Å²) >= 11 is 0. The second kappa shape index (κ2) is 18.0. The predicted octanol–water partition coefficient (Wildman–Crippen LogP) is 1.09. The van der Waals surface area contributed by atoms with Crippen molar-refractivity contribution in [1.82, 2.24) is 5.32 Å². The molecule has 5 nitrogen and oxygen atoms in total. The van der Waals surface area contributed by atoms with Crippen LogP contribution in [0.2, 0.25) is 0 Å². The van der Waals surface area contributed by atoms with Crippen LogP contribution in [0.5, 0.6) is 0 Å². The summed E-state index contributed by atoms with van der Waals surface area (Å²) in [7, 11) is 1.48. The maximum Gasteiger partial charge on any atom is 0.225 e. The minimum Gasteiger partial charge on any atom is -0.359 e. The number of rotatable bonds is 2. The molecule has 0 aromatic carbocycles. The summed E-state index contributed by atoms with van der Waals surface area (Å²) in [6, 6.07) is 0. The van der Waals surface area contributed by atoms with Crippen molar-refractivity contribution in [3.63, 3.8) is 0 Å². The molecule has 0 aliphatic heterocycles. The zero-order valence-corrected chi connectivity index (χ0v) is 11.5. The number of nitrogens with zero attached hydrogens (tertiary/aromatic N) is 3. The Hall–Kier alpha value is -3.42. The summed E-state index contributed by atoms with van der Waals surface area (Å²) in [4.78, 5) is 12.6. The van der Waals surface area contributed by atoms with E-state index in [2.05, 4.69) is 74.5 Å². The summed E-state index contributed by atoms with van der Waals surface area (Å²) in [6.45, 7) is 3.32. The van der Waals surface area contributed by atoms with Crippen LogP contribution in [0.25, 0.3) is 10.4 Å². The van der Waals surface area contributed by atoms with Crippen molar-refractivity contribution >= 4 is 5.91 Å². The van der Waals surface area contributed by atoms with E-state index in [9.17, 15) is 4.79 Å². The fourth-order valence-electron chi connectivity index (χ4n) is 0.487. The van der Waals surface area contributed by atoms with Crippen molar-refractivity contribution in [2.45, 2.75) is 13.8 Å². The van der Waals surface area contributed by atoms with Crippen molar-refractivity contribution in [2.75, 3.05) is 13.6 Å². The van der Waals surface area contributed by atoms with E-state index in [0.29, 0.717) is 0 Å². The van der Waals surface area contributed by atoms with E-state index in [1.165, 1.54) is 7.05 Å². The van der Waals surface area contributed by atoms with Crippen LogP contribution >= 0.6 is 0 Å². The Bertz CT molecular complexity index is 616. The largest absolute Gasteiger partial charge is 0.359 e. The van der Waals surface area contributed by atoms with E-state index < -0.39 is 0 Å². The molecule has 0 rings (SSSR count). The van der Waals surface area contributed by atoms with E-state index in [4.69, 9.17) is 5.53 Å². The second-order valence-corrected chi connectivity index (χ2v) is 2.56. The first-order chi connectivity index (χ1) is 9.72. The predicted molar refractivity (Wildman–Crippen MR) is 78.3 cm³/mol. The topological polar surface area (TPSA) is 77.9 Å². The number of hydrogen-bond acceptors (Lipinski definition) is 2. The van der Waals surface area contributed by atoms with E-state index in [1.54, 1.807) is 13.8 Å². The normalized spacial score (nSPS) is 5.15. The molecule has 0 saturated carbocycles. The molecule has 0 bridgehead atoms. The lowest BCUT2D eigenvalue weighted by Crippen LogP contribution is -2.19. The lowest BCUT2D eigenvalue weighted by Gasteiger charge is -1.87. The Kier molecular flexibility index (Phi) is 17.0. The fourth-order valence-corrected chi connectivity index (χ4v) is 0.487. The quantitative estimate of drug-likeness (QED) is 0.344. The zero-order chi connectivity index (χ0) is 15.5. The summed E-state index contributed by atoms with van der Waals surface area (Å²) in [5, 5.41) is 5.31. The van der Waals surface area contributed by atoms with Crippen molar-refractivity contribution in [2.24, 2.45) is 5.11 Å². The van der Waals surface area contributed by atoms with Gasteiger partial charge < -0.3 is 5.32 Å². The zero-order valence-electron chi connectivity index (χ0n) is 11.5. The van der Waals surface area contributed by atoms with Crippen molar-refractivity contribution in [3.05, 3.63) is 10.4 Å². The Morgan fingerprint density at radius 1 is 1.00 bits per heavy atom. The average molecular weight is 264 g/mol. The van der Waals surface area contributed by atoms with Crippen molar-refractivity contribution in [1.29, 1.82) is 0 Å². The number of nitrogens with one attached hydrogen (secondary N) is 1. The Morgan fingerprint density at radius 2 is 1.40 bits per heavy atom. The van der Waals surface area contributed by atoms with Crippen LogP contribution in [0.4, 0.5) is 0 Å². The highest BCUT2D eigenvalue weighted by molar-refractivity contribution is 5.77. The first kappa shape index (κ1) is 18.9. The van der Waals surface area contributed by atoms with Gasteiger partial charge >= 0.3 is 0 Å². The highest BCUT2D eigenvalue weighted by atomic mass is 16.1. The van der Waals surface area contributed by atoms with Crippen LogP contribution in [-0.2, 0) is 4.79 Å². The van der Waals surface area contributed by atoms with Gasteiger partial charge in [-0.05, 0) is 66.7 Å². The molecule has 0 spiro atoms.